The van der Waals surface area contributed by atoms with Gasteiger partial charge in [0.25, 0.3) is 0 Å². The number of aromatic nitrogens is 1. The Hall–Kier alpha value is -3.09. The Morgan fingerprint density at radius 1 is 1.29 bits per heavy atom. The maximum Gasteiger partial charge on any atom is 0.222 e. The van der Waals surface area contributed by atoms with Crippen molar-refractivity contribution in [3.63, 3.8) is 0 Å². The molecule has 1 fully saturated rings. The third-order valence-electron chi connectivity index (χ3n) is 5.88. The van der Waals surface area contributed by atoms with Gasteiger partial charge < -0.3 is 21.3 Å². The largest absolute Gasteiger partial charge is 0.369 e. The van der Waals surface area contributed by atoms with Crippen LogP contribution in [0.4, 0.5) is 5.82 Å². The van der Waals surface area contributed by atoms with Crippen molar-refractivity contribution >= 4 is 17.7 Å². The Kier molecular flexibility index (Phi) is 7.87. The molecule has 0 radical (unpaired) electrons. The first kappa shape index (κ1) is 22.6. The summed E-state index contributed by atoms with van der Waals surface area (Å²) in [4.78, 5) is 22.8. The van der Waals surface area contributed by atoms with Gasteiger partial charge in [-0.1, -0.05) is 42.8 Å². The zero-order valence-electron chi connectivity index (χ0n) is 18.8. The summed E-state index contributed by atoms with van der Waals surface area (Å²) in [5, 5.41) is 6.81. The Bertz CT molecular complexity index is 895. The monoisotopic (exact) mass is 422 g/mol. The van der Waals surface area contributed by atoms with E-state index >= 15 is 0 Å². The van der Waals surface area contributed by atoms with Crippen molar-refractivity contribution in [3.05, 3.63) is 59.3 Å². The molecule has 0 aliphatic carbocycles. The van der Waals surface area contributed by atoms with E-state index in [9.17, 15) is 4.79 Å². The van der Waals surface area contributed by atoms with Gasteiger partial charge in [-0.3, -0.25) is 9.79 Å². The number of piperidine rings is 1. The maximum absolute atomic E-state index is 11.7. The summed E-state index contributed by atoms with van der Waals surface area (Å²) >= 11 is 0. The topological polar surface area (TPSA) is 95.6 Å². The highest BCUT2D eigenvalue weighted by atomic mass is 16.1. The maximum atomic E-state index is 11.7. The van der Waals surface area contributed by atoms with Crippen molar-refractivity contribution < 1.29 is 4.79 Å². The lowest BCUT2D eigenvalue weighted by Gasteiger charge is -2.33. The van der Waals surface area contributed by atoms with Gasteiger partial charge in [0.05, 0.1) is 5.92 Å². The van der Waals surface area contributed by atoms with Gasteiger partial charge in [-0.15, -0.1) is 0 Å². The molecule has 7 nitrogen and oxygen atoms in total. The zero-order chi connectivity index (χ0) is 22.2. The number of nitrogens with zero attached hydrogens (tertiary/aromatic N) is 3. The van der Waals surface area contributed by atoms with Crippen LogP contribution in [0.1, 0.15) is 42.4 Å². The van der Waals surface area contributed by atoms with Gasteiger partial charge in [-0.25, -0.2) is 4.98 Å². The van der Waals surface area contributed by atoms with Crippen molar-refractivity contribution in [2.45, 2.75) is 39.2 Å². The second kappa shape index (κ2) is 10.8. The lowest BCUT2D eigenvalue weighted by atomic mass is 9.97. The summed E-state index contributed by atoms with van der Waals surface area (Å²) in [5.41, 5.74) is 9.19. The van der Waals surface area contributed by atoms with Crippen LogP contribution >= 0.6 is 0 Å². The van der Waals surface area contributed by atoms with Gasteiger partial charge in [0, 0.05) is 45.0 Å². The fourth-order valence-corrected chi connectivity index (χ4v) is 3.92. The number of nitrogens with one attached hydrogen (secondary N) is 2. The molecule has 2 heterocycles. The first-order valence-corrected chi connectivity index (χ1v) is 11.0. The average Bonchev–Trinajstić information content (AvgIpc) is 2.79. The molecule has 1 aliphatic heterocycles. The fourth-order valence-electron chi connectivity index (χ4n) is 3.92. The molecule has 3 rings (SSSR count). The molecule has 2 atom stereocenters. The summed E-state index contributed by atoms with van der Waals surface area (Å²) in [5.74, 6) is 1.68. The number of anilines is 1. The lowest BCUT2D eigenvalue weighted by molar-refractivity contribution is -0.122. The van der Waals surface area contributed by atoms with E-state index in [2.05, 4.69) is 69.7 Å². The molecule has 4 N–H and O–H groups in total. The quantitative estimate of drug-likeness (QED) is 0.471. The van der Waals surface area contributed by atoms with Crippen LogP contribution in [0.25, 0.3) is 0 Å². The minimum absolute atomic E-state index is 0.116. The van der Waals surface area contributed by atoms with Crippen LogP contribution in [-0.2, 0) is 11.3 Å². The van der Waals surface area contributed by atoms with Crippen molar-refractivity contribution in [1.29, 1.82) is 0 Å². The van der Waals surface area contributed by atoms with Crippen LogP contribution in [0.15, 0.2) is 47.6 Å². The minimum atomic E-state index is -0.229. The number of amides is 1. The molecule has 1 aromatic heterocycles. The summed E-state index contributed by atoms with van der Waals surface area (Å²) < 4.78 is 0. The lowest BCUT2D eigenvalue weighted by Crippen LogP contribution is -2.42. The first-order valence-electron chi connectivity index (χ1n) is 11.0. The highest BCUT2D eigenvalue weighted by Crippen LogP contribution is 2.24. The number of primary amides is 1. The average molecular weight is 423 g/mol. The molecule has 1 aromatic carbocycles. The Labute approximate surface area is 185 Å². The molecule has 0 bridgehead atoms. The zero-order valence-corrected chi connectivity index (χ0v) is 18.8. The number of hydrogen-bond donors (Lipinski definition) is 3. The molecule has 31 heavy (non-hydrogen) atoms. The van der Waals surface area contributed by atoms with Crippen LogP contribution in [0.5, 0.6) is 0 Å². The van der Waals surface area contributed by atoms with Crippen LogP contribution < -0.4 is 21.3 Å². The van der Waals surface area contributed by atoms with Gasteiger partial charge in [0.15, 0.2) is 5.96 Å². The molecular weight excluding hydrogens is 388 g/mol. The summed E-state index contributed by atoms with van der Waals surface area (Å²) in [6.07, 6.45) is 3.59. The van der Waals surface area contributed by atoms with Gasteiger partial charge in [-0.2, -0.15) is 0 Å². The van der Waals surface area contributed by atoms with Gasteiger partial charge in [0.1, 0.15) is 5.82 Å². The number of hydrogen-bond acceptors (Lipinski definition) is 4. The number of aliphatic imine (C=N–C) groups is 1. The van der Waals surface area contributed by atoms with E-state index in [0.29, 0.717) is 19.0 Å². The van der Waals surface area contributed by atoms with E-state index in [1.54, 1.807) is 13.2 Å². The van der Waals surface area contributed by atoms with Crippen molar-refractivity contribution in [2.24, 2.45) is 16.6 Å². The number of pyridine rings is 1. The predicted molar refractivity (Wildman–Crippen MR) is 126 cm³/mol. The second-order valence-electron chi connectivity index (χ2n) is 8.29. The molecule has 166 valence electrons. The highest BCUT2D eigenvalue weighted by molar-refractivity contribution is 5.80. The molecule has 2 unspecified atom stereocenters. The Morgan fingerprint density at radius 3 is 2.77 bits per heavy atom. The Balaban J connectivity index is 1.58. The number of benzene rings is 1. The number of nitrogens with two attached hydrogens (primary N) is 1. The molecule has 1 amide bonds. The normalized spacial score (nSPS) is 17.8. The molecule has 2 aromatic rings. The number of rotatable bonds is 7. The van der Waals surface area contributed by atoms with E-state index in [1.165, 1.54) is 11.1 Å². The fraction of sp³-hybridized carbons (Fsp3) is 0.458. The van der Waals surface area contributed by atoms with E-state index in [1.807, 2.05) is 6.07 Å². The molecule has 0 spiro atoms. The van der Waals surface area contributed by atoms with E-state index in [-0.39, 0.29) is 11.8 Å². The van der Waals surface area contributed by atoms with Crippen molar-refractivity contribution in [2.75, 3.05) is 31.6 Å². The van der Waals surface area contributed by atoms with Crippen LogP contribution in [0.3, 0.4) is 0 Å². The first-order chi connectivity index (χ1) is 15.0. The van der Waals surface area contributed by atoms with Crippen molar-refractivity contribution in [1.82, 2.24) is 15.6 Å². The molecule has 0 saturated carbocycles. The third-order valence-corrected chi connectivity index (χ3v) is 5.88. The van der Waals surface area contributed by atoms with Crippen LogP contribution in [0, 0.1) is 12.8 Å². The molecule has 7 heteroatoms. The van der Waals surface area contributed by atoms with Crippen LogP contribution in [-0.4, -0.2) is 43.5 Å². The molecule has 1 saturated heterocycles. The smallest absolute Gasteiger partial charge is 0.222 e. The summed E-state index contributed by atoms with van der Waals surface area (Å²) in [7, 11) is 1.78. The Morgan fingerprint density at radius 2 is 2.06 bits per heavy atom. The number of guanidine groups is 1. The SMILES string of the molecule is CN=C(NCc1cccnc1N1CCCC(C(N)=O)C1)NCC(C)c1ccc(C)cc1. The standard InChI is InChI=1S/C24H34N6O/c1-17-8-10-19(11-9-17)18(2)14-28-24(26-3)29-15-20-6-4-12-27-23(20)30-13-5-7-21(16-30)22(25)31/h4,6,8-12,18,21H,5,7,13-16H2,1-3H3,(H2,25,31)(H2,26,28,29). The van der Waals surface area contributed by atoms with Crippen molar-refractivity contribution in [3.8, 4) is 0 Å². The molecular formula is C24H34N6O. The van der Waals surface area contributed by atoms with E-state index in [4.69, 9.17) is 5.73 Å². The van der Waals surface area contributed by atoms with Gasteiger partial charge >= 0.3 is 0 Å². The number of aryl methyl sites for hydroxylation is 1. The van der Waals surface area contributed by atoms with E-state index in [0.717, 1.165) is 43.3 Å². The third kappa shape index (κ3) is 6.20. The van der Waals surface area contributed by atoms with E-state index < -0.39 is 0 Å². The number of carbonyl (C=O) groups is 1. The second-order valence-corrected chi connectivity index (χ2v) is 8.29. The predicted octanol–water partition coefficient (Wildman–Crippen LogP) is 2.56. The summed E-state index contributed by atoms with van der Waals surface area (Å²) in [6, 6.07) is 12.6. The highest BCUT2D eigenvalue weighted by Gasteiger charge is 2.26. The van der Waals surface area contributed by atoms with Gasteiger partial charge in [0.2, 0.25) is 5.91 Å². The minimum Gasteiger partial charge on any atom is -0.369 e. The molecule has 1 aliphatic rings. The van der Waals surface area contributed by atoms with Crippen LogP contribution in [0.2, 0.25) is 0 Å². The number of carbonyl (C=O) groups excluding carboxylic acids is 1. The van der Waals surface area contributed by atoms with Gasteiger partial charge in [-0.05, 0) is 37.3 Å². The summed E-state index contributed by atoms with van der Waals surface area (Å²) in [6.45, 7) is 7.20.